The maximum Gasteiger partial charge on any atom is 0.258 e. The molecule has 0 atom stereocenters. The topological polar surface area (TPSA) is 32.3 Å². The summed E-state index contributed by atoms with van der Waals surface area (Å²) >= 11 is 0. The number of nitrogens with zero attached hydrogens (tertiary/aromatic N) is 1. The SMILES string of the molecule is CCc1ccc(N(C)C(=O)c2ccc(NC)cc2C)cc1. The van der Waals surface area contributed by atoms with Crippen molar-refractivity contribution in [1.29, 1.82) is 0 Å². The van der Waals surface area contributed by atoms with Crippen molar-refractivity contribution in [2.75, 3.05) is 24.3 Å². The van der Waals surface area contributed by atoms with Crippen LogP contribution in [0.2, 0.25) is 0 Å². The number of amides is 1. The number of rotatable bonds is 4. The van der Waals surface area contributed by atoms with Gasteiger partial charge in [0.05, 0.1) is 0 Å². The van der Waals surface area contributed by atoms with Gasteiger partial charge in [-0.2, -0.15) is 0 Å². The molecule has 3 heteroatoms. The minimum Gasteiger partial charge on any atom is -0.388 e. The summed E-state index contributed by atoms with van der Waals surface area (Å²) in [6.07, 6.45) is 1.00. The van der Waals surface area contributed by atoms with Crippen molar-refractivity contribution in [3.05, 3.63) is 59.2 Å². The molecule has 1 amide bonds. The Morgan fingerprint density at radius 3 is 2.33 bits per heavy atom. The fourth-order valence-electron chi connectivity index (χ4n) is 2.31. The number of hydrogen-bond acceptors (Lipinski definition) is 2. The molecule has 2 aromatic rings. The Kier molecular flexibility index (Phi) is 4.63. The quantitative estimate of drug-likeness (QED) is 0.923. The molecule has 0 bridgehead atoms. The van der Waals surface area contributed by atoms with Crippen LogP contribution in [0.25, 0.3) is 0 Å². The van der Waals surface area contributed by atoms with Crippen molar-refractivity contribution in [3.8, 4) is 0 Å². The molecule has 0 aliphatic heterocycles. The molecule has 21 heavy (non-hydrogen) atoms. The van der Waals surface area contributed by atoms with Gasteiger partial charge in [0, 0.05) is 31.0 Å². The Morgan fingerprint density at radius 1 is 1.14 bits per heavy atom. The number of hydrogen-bond donors (Lipinski definition) is 1. The van der Waals surface area contributed by atoms with E-state index in [2.05, 4.69) is 24.4 Å². The smallest absolute Gasteiger partial charge is 0.258 e. The highest BCUT2D eigenvalue weighted by atomic mass is 16.2. The van der Waals surface area contributed by atoms with Crippen LogP contribution in [0, 0.1) is 6.92 Å². The molecule has 2 rings (SSSR count). The molecule has 3 nitrogen and oxygen atoms in total. The maximum absolute atomic E-state index is 12.6. The van der Waals surface area contributed by atoms with Crippen molar-refractivity contribution >= 4 is 17.3 Å². The number of anilines is 2. The maximum atomic E-state index is 12.6. The van der Waals surface area contributed by atoms with Gasteiger partial charge in [-0.1, -0.05) is 19.1 Å². The molecule has 0 aromatic heterocycles. The van der Waals surface area contributed by atoms with Gasteiger partial charge < -0.3 is 10.2 Å². The predicted octanol–water partition coefficient (Wildman–Crippen LogP) is 3.88. The average Bonchev–Trinajstić information content (AvgIpc) is 2.53. The lowest BCUT2D eigenvalue weighted by Gasteiger charge is -2.19. The lowest BCUT2D eigenvalue weighted by molar-refractivity contribution is 0.0992. The third-order valence-corrected chi connectivity index (χ3v) is 3.78. The molecule has 2 aromatic carbocycles. The van der Waals surface area contributed by atoms with Crippen LogP contribution >= 0.6 is 0 Å². The van der Waals surface area contributed by atoms with Crippen LogP contribution in [0.15, 0.2) is 42.5 Å². The summed E-state index contributed by atoms with van der Waals surface area (Å²) < 4.78 is 0. The molecule has 0 aliphatic rings. The lowest BCUT2D eigenvalue weighted by Crippen LogP contribution is -2.26. The van der Waals surface area contributed by atoms with Crippen molar-refractivity contribution in [3.63, 3.8) is 0 Å². The summed E-state index contributed by atoms with van der Waals surface area (Å²) in [6, 6.07) is 13.9. The van der Waals surface area contributed by atoms with E-state index in [1.54, 1.807) is 4.90 Å². The van der Waals surface area contributed by atoms with Crippen molar-refractivity contribution < 1.29 is 4.79 Å². The van der Waals surface area contributed by atoms with Gasteiger partial charge in [-0.3, -0.25) is 4.79 Å². The first-order valence-electron chi connectivity index (χ1n) is 7.22. The summed E-state index contributed by atoms with van der Waals surface area (Å²) in [6.45, 7) is 4.08. The second-order valence-electron chi connectivity index (χ2n) is 5.16. The zero-order valence-corrected chi connectivity index (χ0v) is 13.1. The monoisotopic (exact) mass is 282 g/mol. The third kappa shape index (κ3) is 3.24. The largest absolute Gasteiger partial charge is 0.388 e. The molecule has 1 N–H and O–H groups in total. The van der Waals surface area contributed by atoms with Gasteiger partial charge in [0.25, 0.3) is 5.91 Å². The highest BCUT2D eigenvalue weighted by molar-refractivity contribution is 6.06. The zero-order valence-electron chi connectivity index (χ0n) is 13.1. The highest BCUT2D eigenvalue weighted by Gasteiger charge is 2.15. The predicted molar refractivity (Wildman–Crippen MR) is 89.3 cm³/mol. The summed E-state index contributed by atoms with van der Waals surface area (Å²) in [7, 11) is 3.69. The van der Waals surface area contributed by atoms with Gasteiger partial charge in [0.15, 0.2) is 0 Å². The Hall–Kier alpha value is -2.29. The van der Waals surface area contributed by atoms with Crippen LogP contribution in [-0.2, 0) is 6.42 Å². The molecule has 0 heterocycles. The van der Waals surface area contributed by atoms with E-state index in [4.69, 9.17) is 0 Å². The van der Waals surface area contributed by atoms with Gasteiger partial charge in [0.2, 0.25) is 0 Å². The van der Waals surface area contributed by atoms with E-state index >= 15 is 0 Å². The first-order chi connectivity index (χ1) is 10.1. The van der Waals surface area contributed by atoms with Gasteiger partial charge in [-0.25, -0.2) is 0 Å². The molecule has 0 spiro atoms. The lowest BCUT2D eigenvalue weighted by atomic mass is 10.1. The number of aryl methyl sites for hydroxylation is 2. The number of benzene rings is 2. The van der Waals surface area contributed by atoms with E-state index in [1.807, 2.05) is 51.4 Å². The second kappa shape index (κ2) is 6.44. The van der Waals surface area contributed by atoms with E-state index in [0.29, 0.717) is 0 Å². The fourth-order valence-corrected chi connectivity index (χ4v) is 2.31. The standard InChI is InChI=1S/C18H22N2O/c1-5-14-6-9-16(10-7-14)20(4)18(21)17-11-8-15(19-3)12-13(17)2/h6-12,19H,5H2,1-4H3. The minimum atomic E-state index is 0.0133. The van der Waals surface area contributed by atoms with Gasteiger partial charge in [-0.05, 0) is 54.8 Å². The van der Waals surface area contributed by atoms with Crippen LogP contribution < -0.4 is 10.2 Å². The van der Waals surface area contributed by atoms with Crippen LogP contribution in [0.1, 0.15) is 28.4 Å². The number of carbonyl (C=O) groups is 1. The summed E-state index contributed by atoms with van der Waals surface area (Å²) in [5, 5.41) is 3.08. The van der Waals surface area contributed by atoms with Crippen LogP contribution in [0.5, 0.6) is 0 Å². The first kappa shape index (κ1) is 15.1. The van der Waals surface area contributed by atoms with E-state index < -0.39 is 0 Å². The summed E-state index contributed by atoms with van der Waals surface area (Å²) in [4.78, 5) is 14.3. The van der Waals surface area contributed by atoms with E-state index in [0.717, 1.165) is 28.9 Å². The molecule has 110 valence electrons. The zero-order chi connectivity index (χ0) is 15.4. The van der Waals surface area contributed by atoms with Gasteiger partial charge >= 0.3 is 0 Å². The van der Waals surface area contributed by atoms with Crippen molar-refractivity contribution in [2.45, 2.75) is 20.3 Å². The average molecular weight is 282 g/mol. The normalized spacial score (nSPS) is 10.3. The molecular weight excluding hydrogens is 260 g/mol. The fraction of sp³-hybridized carbons (Fsp3) is 0.278. The Labute approximate surface area is 126 Å². The number of nitrogens with one attached hydrogen (secondary N) is 1. The molecular formula is C18H22N2O. The van der Waals surface area contributed by atoms with E-state index in [1.165, 1.54) is 5.56 Å². The summed E-state index contributed by atoms with van der Waals surface area (Å²) in [5.74, 6) is 0.0133. The van der Waals surface area contributed by atoms with Crippen LogP contribution in [0.4, 0.5) is 11.4 Å². The first-order valence-corrected chi connectivity index (χ1v) is 7.22. The number of carbonyl (C=O) groups excluding carboxylic acids is 1. The minimum absolute atomic E-state index is 0.0133. The Bertz CT molecular complexity index is 632. The van der Waals surface area contributed by atoms with Gasteiger partial charge in [-0.15, -0.1) is 0 Å². The Morgan fingerprint density at radius 2 is 1.81 bits per heavy atom. The van der Waals surface area contributed by atoms with E-state index in [-0.39, 0.29) is 5.91 Å². The molecule has 0 radical (unpaired) electrons. The summed E-state index contributed by atoms with van der Waals surface area (Å²) in [5.41, 5.74) is 4.90. The molecule has 0 unspecified atom stereocenters. The van der Waals surface area contributed by atoms with Crippen LogP contribution in [-0.4, -0.2) is 20.0 Å². The van der Waals surface area contributed by atoms with Gasteiger partial charge in [0.1, 0.15) is 0 Å². The Balaban J connectivity index is 2.25. The molecule has 0 saturated heterocycles. The molecule has 0 saturated carbocycles. The second-order valence-corrected chi connectivity index (χ2v) is 5.16. The third-order valence-electron chi connectivity index (χ3n) is 3.78. The van der Waals surface area contributed by atoms with Crippen molar-refractivity contribution in [1.82, 2.24) is 0 Å². The van der Waals surface area contributed by atoms with Crippen molar-refractivity contribution in [2.24, 2.45) is 0 Å². The highest BCUT2D eigenvalue weighted by Crippen LogP contribution is 2.20. The molecule has 0 fully saturated rings. The van der Waals surface area contributed by atoms with Crippen LogP contribution in [0.3, 0.4) is 0 Å². The molecule has 0 aliphatic carbocycles. The van der Waals surface area contributed by atoms with E-state index in [9.17, 15) is 4.79 Å².